The van der Waals surface area contributed by atoms with Crippen LogP contribution < -0.4 is 5.43 Å². The molecule has 0 unspecified atom stereocenters. The summed E-state index contributed by atoms with van der Waals surface area (Å²) >= 11 is 8.02. The van der Waals surface area contributed by atoms with Crippen molar-refractivity contribution >= 4 is 40.2 Å². The van der Waals surface area contributed by atoms with E-state index < -0.39 is 11.4 Å². The lowest BCUT2D eigenvalue weighted by atomic mass is 10.2. The second-order valence-corrected chi connectivity index (χ2v) is 5.62. The van der Waals surface area contributed by atoms with Crippen molar-refractivity contribution in [2.24, 2.45) is 0 Å². The Labute approximate surface area is 133 Å². The zero-order chi connectivity index (χ0) is 14.9. The molecule has 0 bridgehead atoms. The van der Waals surface area contributed by atoms with Crippen LogP contribution in [-0.4, -0.2) is 22.9 Å². The van der Waals surface area contributed by atoms with Gasteiger partial charge < -0.3 is 4.74 Å². The molecule has 0 spiro atoms. The first-order valence-electron chi connectivity index (χ1n) is 5.58. The van der Waals surface area contributed by atoms with Gasteiger partial charge in [0.1, 0.15) is 0 Å². The summed E-state index contributed by atoms with van der Waals surface area (Å²) in [5, 5.41) is 4.65. The van der Waals surface area contributed by atoms with Crippen molar-refractivity contribution in [1.29, 1.82) is 0 Å². The predicted octanol–water partition coefficient (Wildman–Crippen LogP) is 2.59. The number of aromatic nitrogens is 2. The Hall–Kier alpha value is -1.41. The molecule has 1 aromatic carbocycles. The first-order chi connectivity index (χ1) is 9.43. The maximum absolute atomic E-state index is 11.9. The molecule has 7 heteroatoms. The fourth-order valence-corrected chi connectivity index (χ4v) is 2.75. The van der Waals surface area contributed by atoms with E-state index in [-0.39, 0.29) is 5.69 Å². The van der Waals surface area contributed by atoms with Crippen LogP contribution in [0.3, 0.4) is 0 Å². The lowest BCUT2D eigenvalue weighted by Crippen LogP contribution is -2.24. The van der Waals surface area contributed by atoms with E-state index in [0.717, 1.165) is 9.26 Å². The van der Waals surface area contributed by atoms with Gasteiger partial charge in [-0.3, -0.25) is 4.79 Å². The molecule has 1 heterocycles. The number of halogens is 2. The van der Waals surface area contributed by atoms with E-state index in [1.807, 2.05) is 0 Å². The molecule has 0 atom stereocenters. The van der Waals surface area contributed by atoms with E-state index in [2.05, 4.69) is 32.4 Å². The summed E-state index contributed by atoms with van der Waals surface area (Å²) in [5.41, 5.74) is 0.463. The number of hydrogen-bond acceptors (Lipinski definition) is 4. The summed E-state index contributed by atoms with van der Waals surface area (Å²) < 4.78 is 6.90. The highest BCUT2D eigenvalue weighted by molar-refractivity contribution is 14.1. The van der Waals surface area contributed by atoms with E-state index in [0.29, 0.717) is 10.6 Å². The molecule has 0 aliphatic carbocycles. The zero-order valence-corrected chi connectivity index (χ0v) is 13.6. The third-order valence-corrected chi connectivity index (χ3v) is 3.73. The number of methoxy groups -OCH3 is 1. The third-order valence-electron chi connectivity index (χ3n) is 2.63. The van der Waals surface area contributed by atoms with Crippen LogP contribution in [0.5, 0.6) is 0 Å². The first kappa shape index (κ1) is 15.0. The molecule has 20 heavy (non-hydrogen) atoms. The average Bonchev–Trinajstić information content (AvgIpc) is 2.41. The number of benzene rings is 1. The zero-order valence-electron chi connectivity index (χ0n) is 10.7. The largest absolute Gasteiger partial charge is 0.464 e. The van der Waals surface area contributed by atoms with Gasteiger partial charge in [-0.05, 0) is 47.7 Å². The van der Waals surface area contributed by atoms with Crippen LogP contribution >= 0.6 is 34.2 Å². The Bertz CT molecular complexity index is 743. The van der Waals surface area contributed by atoms with E-state index in [1.54, 1.807) is 31.3 Å². The van der Waals surface area contributed by atoms with Gasteiger partial charge in [0.25, 0.3) is 0 Å². The molecule has 0 aliphatic rings. The molecule has 2 aromatic rings. The first-order valence-corrected chi connectivity index (χ1v) is 7.04. The van der Waals surface area contributed by atoms with Crippen molar-refractivity contribution in [3.05, 3.63) is 54.5 Å². The van der Waals surface area contributed by atoms with E-state index in [1.165, 1.54) is 11.8 Å². The van der Waals surface area contributed by atoms with Crippen LogP contribution in [0.25, 0.3) is 5.69 Å². The van der Waals surface area contributed by atoms with E-state index >= 15 is 0 Å². The van der Waals surface area contributed by atoms with Gasteiger partial charge in [-0.25, -0.2) is 9.48 Å². The minimum atomic E-state index is -0.753. The molecule has 0 radical (unpaired) electrons. The number of aryl methyl sites for hydroxylation is 1. The minimum Gasteiger partial charge on any atom is -0.464 e. The number of esters is 1. The van der Waals surface area contributed by atoms with Gasteiger partial charge in [0.05, 0.1) is 12.8 Å². The van der Waals surface area contributed by atoms with Crippen molar-refractivity contribution in [3.63, 3.8) is 0 Å². The van der Waals surface area contributed by atoms with Gasteiger partial charge in [0.15, 0.2) is 0 Å². The van der Waals surface area contributed by atoms with Crippen molar-refractivity contribution in [1.82, 2.24) is 9.78 Å². The Kier molecular flexibility index (Phi) is 4.44. The maximum Gasteiger partial charge on any atom is 0.362 e. The van der Waals surface area contributed by atoms with Crippen LogP contribution in [0.1, 0.15) is 16.1 Å². The lowest BCUT2D eigenvalue weighted by molar-refractivity contribution is 0.0590. The molecule has 0 amide bonds. The molecule has 0 saturated heterocycles. The number of carbonyl (C=O) groups excluding carboxylic acids is 1. The molecule has 0 N–H and O–H groups in total. The molecular formula is C13H10ClIN2O3. The van der Waals surface area contributed by atoms with Crippen molar-refractivity contribution in [3.8, 4) is 5.69 Å². The normalized spacial score (nSPS) is 10.4. The molecule has 2 rings (SSSR count). The molecule has 0 fully saturated rings. The van der Waals surface area contributed by atoms with Gasteiger partial charge in [-0.1, -0.05) is 11.6 Å². The van der Waals surface area contributed by atoms with Crippen LogP contribution in [0.4, 0.5) is 0 Å². The summed E-state index contributed by atoms with van der Waals surface area (Å²) in [5.74, 6) is -0.753. The third kappa shape index (κ3) is 2.85. The Balaban J connectivity index is 2.67. The highest BCUT2D eigenvalue weighted by Crippen LogP contribution is 2.20. The van der Waals surface area contributed by atoms with E-state index in [9.17, 15) is 9.59 Å². The number of hydrogen-bond donors (Lipinski definition) is 0. The smallest absolute Gasteiger partial charge is 0.362 e. The monoisotopic (exact) mass is 404 g/mol. The summed E-state index contributed by atoms with van der Waals surface area (Å²) in [6.45, 7) is 1.62. The fourth-order valence-electron chi connectivity index (χ4n) is 1.63. The van der Waals surface area contributed by atoms with Gasteiger partial charge >= 0.3 is 5.97 Å². The maximum atomic E-state index is 11.9. The van der Waals surface area contributed by atoms with Gasteiger partial charge in [-0.15, -0.1) is 0 Å². The van der Waals surface area contributed by atoms with Crippen LogP contribution in [0.15, 0.2) is 29.2 Å². The van der Waals surface area contributed by atoms with Crippen LogP contribution in [-0.2, 0) is 4.74 Å². The van der Waals surface area contributed by atoms with E-state index in [4.69, 9.17) is 11.6 Å². The summed E-state index contributed by atoms with van der Waals surface area (Å²) in [6, 6.07) is 5.25. The molecule has 0 saturated carbocycles. The summed E-state index contributed by atoms with van der Waals surface area (Å²) in [7, 11) is 1.21. The van der Waals surface area contributed by atoms with Gasteiger partial charge in [0.2, 0.25) is 11.1 Å². The average molecular weight is 405 g/mol. The Morgan fingerprint density at radius 1 is 1.45 bits per heavy atom. The van der Waals surface area contributed by atoms with Crippen molar-refractivity contribution in [2.75, 3.05) is 7.11 Å². The van der Waals surface area contributed by atoms with Crippen LogP contribution in [0, 0.1) is 10.5 Å². The number of ether oxygens (including phenoxy) is 1. The second kappa shape index (κ2) is 5.92. The topological polar surface area (TPSA) is 61.2 Å². The number of nitrogens with zero attached hydrogens (tertiary/aromatic N) is 2. The Morgan fingerprint density at radius 3 is 2.75 bits per heavy atom. The SMILES string of the molecule is COC(=O)c1nn(-c2ccc(Cl)cc2I)cc(C)c1=O. The molecule has 104 valence electrons. The summed E-state index contributed by atoms with van der Waals surface area (Å²) in [6.07, 6.45) is 1.57. The molecule has 0 aliphatic heterocycles. The predicted molar refractivity (Wildman–Crippen MR) is 83.6 cm³/mol. The quantitative estimate of drug-likeness (QED) is 0.570. The van der Waals surface area contributed by atoms with Crippen molar-refractivity contribution < 1.29 is 9.53 Å². The Morgan fingerprint density at radius 2 is 2.15 bits per heavy atom. The number of rotatable bonds is 2. The minimum absolute atomic E-state index is 0.238. The second-order valence-electron chi connectivity index (χ2n) is 4.02. The standard InChI is InChI=1S/C13H10ClIN2O3/c1-7-6-17(10-4-3-8(14)5-9(10)15)16-11(12(7)18)13(19)20-2/h3-6H,1-2H3. The molecular weight excluding hydrogens is 395 g/mol. The lowest BCUT2D eigenvalue weighted by Gasteiger charge is -2.10. The molecule has 1 aromatic heterocycles. The van der Waals surface area contributed by atoms with Gasteiger partial charge in [0, 0.05) is 20.4 Å². The summed E-state index contributed by atoms with van der Waals surface area (Å²) in [4.78, 5) is 23.5. The van der Waals surface area contributed by atoms with Crippen molar-refractivity contribution in [2.45, 2.75) is 6.92 Å². The highest BCUT2D eigenvalue weighted by atomic mass is 127. The fraction of sp³-hybridized carbons (Fsp3) is 0.154. The molecule has 5 nitrogen and oxygen atoms in total. The number of carbonyl (C=O) groups is 1. The highest BCUT2D eigenvalue weighted by Gasteiger charge is 2.16. The van der Waals surface area contributed by atoms with Gasteiger partial charge in [-0.2, -0.15) is 5.10 Å². The van der Waals surface area contributed by atoms with Crippen LogP contribution in [0.2, 0.25) is 5.02 Å².